The molecular weight excluding hydrogens is 474 g/mol. The number of ether oxygens (including phenoxy) is 1. The van der Waals surface area contributed by atoms with Crippen molar-refractivity contribution < 1.29 is 19.1 Å². The third-order valence-corrected chi connectivity index (χ3v) is 7.39. The Morgan fingerprint density at radius 2 is 1.81 bits per heavy atom. The molecule has 196 valence electrons. The zero-order chi connectivity index (χ0) is 26.5. The van der Waals surface area contributed by atoms with Crippen molar-refractivity contribution in [3.63, 3.8) is 0 Å². The lowest BCUT2D eigenvalue weighted by Crippen LogP contribution is -2.56. The summed E-state index contributed by atoms with van der Waals surface area (Å²) in [4.78, 5) is 53.9. The van der Waals surface area contributed by atoms with Gasteiger partial charge in [0.15, 0.2) is 0 Å². The maximum atomic E-state index is 13.1. The molecule has 1 N–H and O–H groups in total. The Hall–Kier alpha value is -3.58. The van der Waals surface area contributed by atoms with Crippen LogP contribution in [0.1, 0.15) is 58.1 Å². The van der Waals surface area contributed by atoms with E-state index in [0.717, 1.165) is 12.8 Å². The van der Waals surface area contributed by atoms with Gasteiger partial charge in [-0.25, -0.2) is 9.59 Å². The summed E-state index contributed by atoms with van der Waals surface area (Å²) in [5.41, 5.74) is 1.18. The first-order valence-corrected chi connectivity index (χ1v) is 12.8. The number of imide groups is 1. The molecule has 5 rings (SSSR count). The lowest BCUT2D eigenvalue weighted by atomic mass is 10.1. The van der Waals surface area contributed by atoms with Gasteiger partial charge in [-0.3, -0.25) is 28.9 Å². The van der Waals surface area contributed by atoms with Gasteiger partial charge in [-0.15, -0.1) is 0 Å². The SMILES string of the molecule is Cn1c(=O)n(C2CCC(=O)NC2=O)c2cccc(C#CCN3C4CCC3CN(C(=O)OC(C)(C)C)C4)c21. The molecule has 0 spiro atoms. The molecule has 1 aromatic heterocycles. The summed E-state index contributed by atoms with van der Waals surface area (Å²) in [5, 5.41) is 2.34. The van der Waals surface area contributed by atoms with Crippen LogP contribution in [-0.4, -0.2) is 74.2 Å². The fourth-order valence-corrected chi connectivity index (χ4v) is 5.72. The lowest BCUT2D eigenvalue weighted by Gasteiger charge is -2.40. The Labute approximate surface area is 215 Å². The van der Waals surface area contributed by atoms with Crippen LogP contribution in [0.25, 0.3) is 11.0 Å². The van der Waals surface area contributed by atoms with Crippen LogP contribution in [0.5, 0.6) is 0 Å². The Bertz CT molecular complexity index is 1370. The highest BCUT2D eigenvalue weighted by Crippen LogP contribution is 2.30. The Balaban J connectivity index is 1.35. The molecular formula is C27H33N5O5. The van der Waals surface area contributed by atoms with E-state index >= 15 is 0 Å². The number of fused-ring (bicyclic) bond motifs is 3. The van der Waals surface area contributed by atoms with Crippen LogP contribution in [0.15, 0.2) is 23.0 Å². The van der Waals surface area contributed by atoms with Gasteiger partial charge in [0.1, 0.15) is 11.6 Å². The van der Waals surface area contributed by atoms with Gasteiger partial charge in [-0.1, -0.05) is 17.9 Å². The minimum Gasteiger partial charge on any atom is -0.444 e. The predicted octanol–water partition coefficient (Wildman–Crippen LogP) is 1.75. The van der Waals surface area contributed by atoms with Crippen LogP contribution in [-0.2, 0) is 21.4 Å². The number of rotatable bonds is 2. The van der Waals surface area contributed by atoms with Crippen LogP contribution < -0.4 is 11.0 Å². The third kappa shape index (κ3) is 4.76. The molecule has 0 saturated carbocycles. The predicted molar refractivity (Wildman–Crippen MR) is 137 cm³/mol. The molecule has 2 bridgehead atoms. The van der Waals surface area contributed by atoms with Gasteiger partial charge >= 0.3 is 11.8 Å². The maximum Gasteiger partial charge on any atom is 0.410 e. The van der Waals surface area contributed by atoms with Crippen molar-refractivity contribution in [3.8, 4) is 11.8 Å². The number of carbonyl (C=O) groups excluding carboxylic acids is 3. The number of imidazole rings is 1. The van der Waals surface area contributed by atoms with E-state index in [1.54, 1.807) is 7.05 Å². The van der Waals surface area contributed by atoms with E-state index in [1.807, 2.05) is 43.9 Å². The molecule has 3 aliphatic heterocycles. The molecule has 10 nitrogen and oxygen atoms in total. The zero-order valence-corrected chi connectivity index (χ0v) is 21.7. The van der Waals surface area contributed by atoms with E-state index in [0.29, 0.717) is 36.2 Å². The van der Waals surface area contributed by atoms with E-state index in [-0.39, 0.29) is 42.6 Å². The quantitative estimate of drug-likeness (QED) is 0.491. The number of nitrogens with zero attached hydrogens (tertiary/aromatic N) is 4. The van der Waals surface area contributed by atoms with E-state index < -0.39 is 17.6 Å². The van der Waals surface area contributed by atoms with Crippen LogP contribution in [0.3, 0.4) is 0 Å². The highest BCUT2D eigenvalue weighted by Gasteiger charge is 2.42. The molecule has 2 aromatic rings. The molecule has 4 heterocycles. The monoisotopic (exact) mass is 507 g/mol. The number of likely N-dealkylation sites (tertiary alicyclic amines) is 1. The van der Waals surface area contributed by atoms with Gasteiger partial charge in [0.05, 0.1) is 23.1 Å². The molecule has 3 atom stereocenters. The van der Waals surface area contributed by atoms with E-state index in [9.17, 15) is 19.2 Å². The molecule has 0 aliphatic carbocycles. The second-order valence-electron chi connectivity index (χ2n) is 11.1. The van der Waals surface area contributed by atoms with E-state index in [2.05, 4.69) is 22.1 Å². The molecule has 3 fully saturated rings. The van der Waals surface area contributed by atoms with Crippen molar-refractivity contribution >= 4 is 28.9 Å². The number of piperidine rings is 1. The molecule has 10 heteroatoms. The summed E-state index contributed by atoms with van der Waals surface area (Å²) in [5.74, 6) is 5.76. The molecule has 1 aromatic carbocycles. The Morgan fingerprint density at radius 1 is 1.11 bits per heavy atom. The summed E-state index contributed by atoms with van der Waals surface area (Å²) in [6.45, 7) is 7.45. The van der Waals surface area contributed by atoms with E-state index in [4.69, 9.17) is 4.74 Å². The average Bonchev–Trinajstić information content (AvgIpc) is 3.20. The standard InChI is InChI=1S/C27H33N5O5/c1-27(2,3)37-26(36)30-15-18-10-11-19(16-30)31(18)14-6-8-17-7-5-9-20-23(17)29(4)25(35)32(20)21-12-13-22(33)28-24(21)34/h5,7,9,18-19,21H,10-16H2,1-4H3,(H,28,33,34). The van der Waals surface area contributed by atoms with Gasteiger partial charge in [0, 0.05) is 38.6 Å². The second kappa shape index (κ2) is 9.38. The number of hydrogen-bond acceptors (Lipinski definition) is 6. The van der Waals surface area contributed by atoms with Crippen LogP contribution in [0.2, 0.25) is 0 Å². The summed E-state index contributed by atoms with van der Waals surface area (Å²) in [6, 6.07) is 5.27. The Morgan fingerprint density at radius 3 is 2.46 bits per heavy atom. The van der Waals surface area contributed by atoms with Gasteiger partial charge in [0.2, 0.25) is 11.8 Å². The molecule has 3 saturated heterocycles. The largest absolute Gasteiger partial charge is 0.444 e. The van der Waals surface area contributed by atoms with Gasteiger partial charge in [0.25, 0.3) is 0 Å². The maximum absolute atomic E-state index is 13.1. The third-order valence-electron chi connectivity index (χ3n) is 7.39. The highest BCUT2D eigenvalue weighted by molar-refractivity contribution is 6.00. The van der Waals surface area contributed by atoms with Gasteiger partial charge in [-0.2, -0.15) is 0 Å². The number of aromatic nitrogens is 2. The number of carbonyl (C=O) groups is 3. The number of nitrogens with one attached hydrogen (secondary N) is 1. The van der Waals surface area contributed by atoms with Crippen molar-refractivity contribution in [1.29, 1.82) is 0 Å². The number of piperazine rings is 1. The zero-order valence-electron chi connectivity index (χ0n) is 21.7. The van der Waals surface area contributed by atoms with Crippen molar-refractivity contribution in [2.45, 2.75) is 70.2 Å². The van der Waals surface area contributed by atoms with E-state index in [1.165, 1.54) is 9.13 Å². The fraction of sp³-hybridized carbons (Fsp3) is 0.556. The van der Waals surface area contributed by atoms with Crippen molar-refractivity contribution in [2.24, 2.45) is 7.05 Å². The molecule has 37 heavy (non-hydrogen) atoms. The highest BCUT2D eigenvalue weighted by atomic mass is 16.6. The minimum absolute atomic E-state index is 0.197. The summed E-state index contributed by atoms with van der Waals surface area (Å²) in [6.07, 6.45) is 2.26. The number of benzene rings is 1. The van der Waals surface area contributed by atoms with Crippen molar-refractivity contribution in [1.82, 2.24) is 24.3 Å². The summed E-state index contributed by atoms with van der Waals surface area (Å²) < 4.78 is 8.56. The van der Waals surface area contributed by atoms with Crippen LogP contribution in [0, 0.1) is 11.8 Å². The first-order valence-electron chi connectivity index (χ1n) is 12.8. The number of hydrogen-bond donors (Lipinski definition) is 1. The van der Waals surface area contributed by atoms with Gasteiger partial charge < -0.3 is 9.64 Å². The fourth-order valence-electron chi connectivity index (χ4n) is 5.72. The lowest BCUT2D eigenvalue weighted by molar-refractivity contribution is -0.135. The first-order chi connectivity index (χ1) is 17.5. The molecule has 3 unspecified atom stereocenters. The number of amides is 3. The smallest absolute Gasteiger partial charge is 0.410 e. The Kier molecular flexibility index (Phi) is 6.36. The average molecular weight is 508 g/mol. The molecule has 3 amide bonds. The van der Waals surface area contributed by atoms with Crippen molar-refractivity contribution in [2.75, 3.05) is 19.6 Å². The van der Waals surface area contributed by atoms with Crippen molar-refractivity contribution in [3.05, 3.63) is 34.2 Å². The summed E-state index contributed by atoms with van der Waals surface area (Å²) >= 11 is 0. The molecule has 0 radical (unpaired) electrons. The second-order valence-corrected chi connectivity index (χ2v) is 11.1. The number of para-hydroxylation sites is 1. The van der Waals surface area contributed by atoms with Crippen LogP contribution >= 0.6 is 0 Å². The first kappa shape index (κ1) is 25.1. The van der Waals surface area contributed by atoms with Crippen LogP contribution in [0.4, 0.5) is 4.79 Å². The summed E-state index contributed by atoms with van der Waals surface area (Å²) in [7, 11) is 1.67. The van der Waals surface area contributed by atoms with Gasteiger partial charge in [-0.05, 0) is 52.2 Å². The normalized spacial score (nSPS) is 24.1. The topological polar surface area (TPSA) is 106 Å². The molecule has 3 aliphatic rings. The minimum atomic E-state index is -0.728. The number of aryl methyl sites for hydroxylation is 1.